The van der Waals surface area contributed by atoms with E-state index in [4.69, 9.17) is 5.11 Å². The molecule has 2 rings (SSSR count). The van der Waals surface area contributed by atoms with E-state index in [-0.39, 0.29) is 5.91 Å². The van der Waals surface area contributed by atoms with Crippen LogP contribution in [0.25, 0.3) is 0 Å². The van der Waals surface area contributed by atoms with E-state index in [1.807, 2.05) is 6.92 Å². The largest absolute Gasteiger partial charge is 0.481 e. The number of carboxylic acid groups (broad SMARTS) is 1. The van der Waals surface area contributed by atoms with Crippen molar-refractivity contribution < 1.29 is 14.7 Å². The Labute approximate surface area is 119 Å². The first kappa shape index (κ1) is 14.0. The molecule has 1 heterocycles. The fourth-order valence-electron chi connectivity index (χ4n) is 2.40. The Morgan fingerprint density at radius 2 is 2.11 bits per heavy atom. The van der Waals surface area contributed by atoms with Gasteiger partial charge in [-0.2, -0.15) is 0 Å². The van der Waals surface area contributed by atoms with Gasteiger partial charge in [0.15, 0.2) is 0 Å². The summed E-state index contributed by atoms with van der Waals surface area (Å²) in [5.41, 5.74) is 0.964. The molecule has 19 heavy (non-hydrogen) atoms. The topological polar surface area (TPSA) is 79.3 Å². The number of anilines is 1. The Hall–Kier alpha value is -1.43. The standard InChI is InChI=1S/C13H15BrN2O3/c1-7-5-11(15-6-10(7)14)16-12(17)8-3-2-4-9(8)13(18)19/h5-6,8-9H,2-4H2,1H3,(H,18,19)(H,15,16,17). The van der Waals surface area contributed by atoms with Crippen LogP contribution in [0.5, 0.6) is 0 Å². The Balaban J connectivity index is 2.08. The molecule has 1 aliphatic rings. The van der Waals surface area contributed by atoms with Crippen molar-refractivity contribution in [2.45, 2.75) is 26.2 Å². The first-order chi connectivity index (χ1) is 8.99. The Morgan fingerprint density at radius 1 is 1.42 bits per heavy atom. The predicted octanol–water partition coefficient (Wildman–Crippen LogP) is 2.59. The SMILES string of the molecule is Cc1cc(NC(=O)C2CCCC2C(=O)O)ncc1Br. The lowest BCUT2D eigenvalue weighted by Crippen LogP contribution is -2.30. The average molecular weight is 327 g/mol. The van der Waals surface area contributed by atoms with Crippen molar-refractivity contribution in [2.24, 2.45) is 11.8 Å². The molecule has 2 unspecified atom stereocenters. The van der Waals surface area contributed by atoms with Crippen molar-refractivity contribution >= 4 is 33.6 Å². The molecule has 0 aromatic carbocycles. The van der Waals surface area contributed by atoms with Gasteiger partial charge in [0.05, 0.1) is 11.8 Å². The molecule has 1 aliphatic carbocycles. The molecule has 1 aromatic heterocycles. The van der Waals surface area contributed by atoms with Gasteiger partial charge in [0, 0.05) is 10.7 Å². The number of nitrogens with zero attached hydrogens (tertiary/aromatic N) is 1. The summed E-state index contributed by atoms with van der Waals surface area (Å²) in [7, 11) is 0. The summed E-state index contributed by atoms with van der Waals surface area (Å²) in [5, 5.41) is 11.8. The van der Waals surface area contributed by atoms with Crippen LogP contribution in [-0.4, -0.2) is 22.0 Å². The van der Waals surface area contributed by atoms with Crippen LogP contribution in [-0.2, 0) is 9.59 Å². The van der Waals surface area contributed by atoms with Gasteiger partial charge in [-0.3, -0.25) is 9.59 Å². The molecular weight excluding hydrogens is 312 g/mol. The quantitative estimate of drug-likeness (QED) is 0.894. The number of aryl methyl sites for hydroxylation is 1. The van der Waals surface area contributed by atoms with Crippen molar-refractivity contribution in [2.75, 3.05) is 5.32 Å². The summed E-state index contributed by atoms with van der Waals surface area (Å²) in [6, 6.07) is 1.76. The van der Waals surface area contributed by atoms with Gasteiger partial charge < -0.3 is 10.4 Å². The fourth-order valence-corrected chi connectivity index (χ4v) is 2.61. The normalized spacial score (nSPS) is 22.2. The van der Waals surface area contributed by atoms with E-state index in [0.717, 1.165) is 16.5 Å². The summed E-state index contributed by atoms with van der Waals surface area (Å²) in [6.45, 7) is 1.90. The van der Waals surface area contributed by atoms with Crippen LogP contribution < -0.4 is 5.32 Å². The van der Waals surface area contributed by atoms with Crippen LogP contribution in [0.4, 0.5) is 5.82 Å². The molecule has 2 atom stereocenters. The van der Waals surface area contributed by atoms with Gasteiger partial charge in [-0.05, 0) is 47.3 Å². The van der Waals surface area contributed by atoms with Gasteiger partial charge in [-0.25, -0.2) is 4.98 Å². The van der Waals surface area contributed by atoms with Crippen molar-refractivity contribution in [1.82, 2.24) is 4.98 Å². The maximum absolute atomic E-state index is 12.1. The predicted molar refractivity (Wildman–Crippen MR) is 73.8 cm³/mol. The zero-order valence-electron chi connectivity index (χ0n) is 10.5. The van der Waals surface area contributed by atoms with Gasteiger partial charge in [0.2, 0.25) is 5.91 Å². The van der Waals surface area contributed by atoms with Crippen LogP contribution in [0, 0.1) is 18.8 Å². The number of hydrogen-bond donors (Lipinski definition) is 2. The molecule has 1 aromatic rings. The third-order valence-electron chi connectivity index (χ3n) is 3.47. The number of carboxylic acids is 1. The molecule has 1 fully saturated rings. The van der Waals surface area contributed by atoms with E-state index in [1.54, 1.807) is 12.3 Å². The molecule has 5 nitrogen and oxygen atoms in total. The number of aliphatic carboxylic acids is 1. The third-order valence-corrected chi connectivity index (χ3v) is 4.30. The van der Waals surface area contributed by atoms with Gasteiger partial charge in [0.25, 0.3) is 0 Å². The lowest BCUT2D eigenvalue weighted by molar-refractivity contribution is -0.145. The number of rotatable bonds is 3. The minimum atomic E-state index is -0.891. The number of aromatic nitrogens is 1. The highest BCUT2D eigenvalue weighted by Crippen LogP contribution is 2.32. The number of carbonyl (C=O) groups excluding carboxylic acids is 1. The van der Waals surface area contributed by atoms with Crippen LogP contribution in [0.1, 0.15) is 24.8 Å². The first-order valence-corrected chi connectivity index (χ1v) is 6.94. The van der Waals surface area contributed by atoms with Crippen molar-refractivity contribution in [1.29, 1.82) is 0 Å². The molecule has 1 amide bonds. The van der Waals surface area contributed by atoms with Crippen molar-refractivity contribution in [3.05, 3.63) is 22.3 Å². The van der Waals surface area contributed by atoms with E-state index in [9.17, 15) is 9.59 Å². The van der Waals surface area contributed by atoms with E-state index < -0.39 is 17.8 Å². The first-order valence-electron chi connectivity index (χ1n) is 6.15. The molecule has 0 bridgehead atoms. The molecule has 0 aliphatic heterocycles. The number of pyridine rings is 1. The molecule has 0 spiro atoms. The number of carbonyl (C=O) groups is 2. The summed E-state index contributed by atoms with van der Waals surface area (Å²) in [6.07, 6.45) is 3.59. The monoisotopic (exact) mass is 326 g/mol. The Morgan fingerprint density at radius 3 is 2.74 bits per heavy atom. The number of hydrogen-bond acceptors (Lipinski definition) is 3. The minimum Gasteiger partial charge on any atom is -0.481 e. The second-order valence-electron chi connectivity index (χ2n) is 4.79. The fraction of sp³-hybridized carbons (Fsp3) is 0.462. The summed E-state index contributed by atoms with van der Waals surface area (Å²) < 4.78 is 0.870. The summed E-state index contributed by atoms with van der Waals surface area (Å²) in [4.78, 5) is 27.3. The van der Waals surface area contributed by atoms with Crippen LogP contribution in [0.3, 0.4) is 0 Å². The maximum atomic E-state index is 12.1. The zero-order valence-corrected chi connectivity index (χ0v) is 12.1. The van der Waals surface area contributed by atoms with Crippen molar-refractivity contribution in [3.8, 4) is 0 Å². The molecule has 102 valence electrons. The molecule has 1 saturated carbocycles. The maximum Gasteiger partial charge on any atom is 0.307 e. The highest BCUT2D eigenvalue weighted by molar-refractivity contribution is 9.10. The average Bonchev–Trinajstić information content (AvgIpc) is 2.83. The van der Waals surface area contributed by atoms with Gasteiger partial charge >= 0.3 is 5.97 Å². The second kappa shape index (κ2) is 5.69. The van der Waals surface area contributed by atoms with Gasteiger partial charge in [-0.15, -0.1) is 0 Å². The molecule has 2 N–H and O–H groups in total. The Kier molecular flexibility index (Phi) is 4.19. The van der Waals surface area contributed by atoms with Crippen LogP contribution >= 0.6 is 15.9 Å². The zero-order chi connectivity index (χ0) is 14.0. The van der Waals surface area contributed by atoms with E-state index in [2.05, 4.69) is 26.2 Å². The lowest BCUT2D eigenvalue weighted by atomic mass is 9.95. The van der Waals surface area contributed by atoms with E-state index >= 15 is 0 Å². The molecule has 6 heteroatoms. The highest BCUT2D eigenvalue weighted by atomic mass is 79.9. The van der Waals surface area contributed by atoms with Crippen LogP contribution in [0.2, 0.25) is 0 Å². The van der Waals surface area contributed by atoms with E-state index in [1.165, 1.54) is 0 Å². The van der Waals surface area contributed by atoms with Gasteiger partial charge in [-0.1, -0.05) is 6.42 Å². The second-order valence-corrected chi connectivity index (χ2v) is 5.64. The number of nitrogens with one attached hydrogen (secondary N) is 1. The lowest BCUT2D eigenvalue weighted by Gasteiger charge is -2.15. The smallest absolute Gasteiger partial charge is 0.307 e. The van der Waals surface area contributed by atoms with E-state index in [0.29, 0.717) is 18.7 Å². The van der Waals surface area contributed by atoms with Crippen LogP contribution in [0.15, 0.2) is 16.7 Å². The summed E-state index contributed by atoms with van der Waals surface area (Å²) >= 11 is 3.34. The van der Waals surface area contributed by atoms with Crippen molar-refractivity contribution in [3.63, 3.8) is 0 Å². The Bertz CT molecular complexity index is 519. The van der Waals surface area contributed by atoms with Gasteiger partial charge in [0.1, 0.15) is 5.82 Å². The minimum absolute atomic E-state index is 0.251. The number of halogens is 1. The molecular formula is C13H15BrN2O3. The summed E-state index contributed by atoms with van der Waals surface area (Å²) in [5.74, 6) is -1.71. The third kappa shape index (κ3) is 3.12. The molecule has 0 saturated heterocycles. The molecule has 0 radical (unpaired) electrons. The highest BCUT2D eigenvalue weighted by Gasteiger charge is 2.37. The number of amides is 1.